The molecule has 116 valence electrons. The minimum Gasteiger partial charge on any atom is -0.377 e. The van der Waals surface area contributed by atoms with Crippen LogP contribution in [0.3, 0.4) is 0 Å². The SMILES string of the molecule is CC(NC1C2CCCOC2C1(C)C)C(=O)NC(C)(C)C. The van der Waals surface area contributed by atoms with E-state index in [1.165, 1.54) is 6.42 Å². The first kappa shape index (κ1) is 15.8. The lowest BCUT2D eigenvalue weighted by Crippen LogP contribution is -2.71. The number of ether oxygens (including phenoxy) is 1. The van der Waals surface area contributed by atoms with E-state index in [9.17, 15) is 4.79 Å². The van der Waals surface area contributed by atoms with E-state index < -0.39 is 0 Å². The number of hydrogen-bond donors (Lipinski definition) is 2. The van der Waals surface area contributed by atoms with Gasteiger partial charge in [0.1, 0.15) is 0 Å². The monoisotopic (exact) mass is 282 g/mol. The predicted octanol–water partition coefficient (Wildman–Crippen LogP) is 2.08. The summed E-state index contributed by atoms with van der Waals surface area (Å²) in [7, 11) is 0. The topological polar surface area (TPSA) is 50.4 Å². The van der Waals surface area contributed by atoms with E-state index in [2.05, 4.69) is 24.5 Å². The van der Waals surface area contributed by atoms with Gasteiger partial charge in [0.2, 0.25) is 5.91 Å². The van der Waals surface area contributed by atoms with Crippen LogP contribution in [0.1, 0.15) is 54.4 Å². The molecule has 1 aliphatic carbocycles. The van der Waals surface area contributed by atoms with Gasteiger partial charge < -0.3 is 15.4 Å². The second kappa shape index (κ2) is 5.30. The molecule has 4 unspecified atom stereocenters. The second-order valence-corrected chi connectivity index (χ2v) is 8.02. The summed E-state index contributed by atoms with van der Waals surface area (Å²) in [4.78, 5) is 12.2. The van der Waals surface area contributed by atoms with Crippen LogP contribution in [0.15, 0.2) is 0 Å². The van der Waals surface area contributed by atoms with Crippen molar-refractivity contribution in [2.75, 3.05) is 6.61 Å². The Morgan fingerprint density at radius 2 is 2.00 bits per heavy atom. The molecule has 4 heteroatoms. The zero-order valence-electron chi connectivity index (χ0n) is 13.7. The van der Waals surface area contributed by atoms with Crippen LogP contribution in [0.25, 0.3) is 0 Å². The average Bonchev–Trinajstić information content (AvgIpc) is 2.33. The third-order valence-corrected chi connectivity index (χ3v) is 4.65. The van der Waals surface area contributed by atoms with Crippen molar-refractivity contribution in [1.29, 1.82) is 0 Å². The zero-order chi connectivity index (χ0) is 15.1. The molecule has 1 heterocycles. The number of fused-ring (bicyclic) bond motifs is 1. The first-order chi connectivity index (χ1) is 9.13. The summed E-state index contributed by atoms with van der Waals surface area (Å²) in [5.74, 6) is 0.636. The van der Waals surface area contributed by atoms with Crippen molar-refractivity contribution in [3.8, 4) is 0 Å². The van der Waals surface area contributed by atoms with Gasteiger partial charge in [0, 0.05) is 29.5 Å². The Labute approximate surface area is 123 Å². The molecule has 0 aromatic carbocycles. The molecule has 2 fully saturated rings. The number of carbonyl (C=O) groups is 1. The molecule has 1 saturated carbocycles. The molecular formula is C16H30N2O2. The Kier molecular flexibility index (Phi) is 4.18. The van der Waals surface area contributed by atoms with Gasteiger partial charge in [-0.2, -0.15) is 0 Å². The van der Waals surface area contributed by atoms with Crippen molar-refractivity contribution in [2.45, 2.75) is 78.1 Å². The maximum Gasteiger partial charge on any atom is 0.237 e. The Morgan fingerprint density at radius 1 is 1.35 bits per heavy atom. The Hall–Kier alpha value is -0.610. The fourth-order valence-electron chi connectivity index (χ4n) is 3.68. The van der Waals surface area contributed by atoms with Gasteiger partial charge in [-0.1, -0.05) is 13.8 Å². The van der Waals surface area contributed by atoms with Gasteiger partial charge in [0.05, 0.1) is 12.1 Å². The summed E-state index contributed by atoms with van der Waals surface area (Å²) in [6.07, 6.45) is 2.70. The molecule has 1 aliphatic heterocycles. The lowest BCUT2D eigenvalue weighted by atomic mass is 9.55. The minimum atomic E-state index is -0.182. The highest BCUT2D eigenvalue weighted by molar-refractivity contribution is 5.82. The van der Waals surface area contributed by atoms with Crippen LogP contribution in [0.4, 0.5) is 0 Å². The Bertz CT molecular complexity index is 373. The third kappa shape index (κ3) is 3.01. The third-order valence-electron chi connectivity index (χ3n) is 4.65. The van der Waals surface area contributed by atoms with E-state index in [-0.39, 0.29) is 22.9 Å². The lowest BCUT2D eigenvalue weighted by molar-refractivity contribution is -0.194. The highest BCUT2D eigenvalue weighted by Gasteiger charge is 2.58. The van der Waals surface area contributed by atoms with Crippen LogP contribution in [0.2, 0.25) is 0 Å². The molecule has 1 amide bonds. The van der Waals surface area contributed by atoms with Gasteiger partial charge in [-0.15, -0.1) is 0 Å². The van der Waals surface area contributed by atoms with Crippen LogP contribution < -0.4 is 10.6 Å². The first-order valence-electron chi connectivity index (χ1n) is 7.82. The number of hydrogen-bond acceptors (Lipinski definition) is 3. The quantitative estimate of drug-likeness (QED) is 0.833. The van der Waals surface area contributed by atoms with Crippen LogP contribution in [-0.2, 0) is 9.53 Å². The highest BCUT2D eigenvalue weighted by atomic mass is 16.5. The van der Waals surface area contributed by atoms with E-state index in [0.29, 0.717) is 18.1 Å². The molecule has 0 radical (unpaired) electrons. The summed E-state index contributed by atoms with van der Waals surface area (Å²) in [6, 6.07) is 0.204. The summed E-state index contributed by atoms with van der Waals surface area (Å²) < 4.78 is 5.90. The summed E-state index contributed by atoms with van der Waals surface area (Å²) >= 11 is 0. The Balaban J connectivity index is 1.94. The van der Waals surface area contributed by atoms with Crippen molar-refractivity contribution in [3.63, 3.8) is 0 Å². The molecule has 0 aromatic rings. The molecule has 1 saturated heterocycles. The molecular weight excluding hydrogens is 252 g/mol. The van der Waals surface area contributed by atoms with Crippen molar-refractivity contribution in [1.82, 2.24) is 10.6 Å². The minimum absolute atomic E-state index is 0.0773. The lowest BCUT2D eigenvalue weighted by Gasteiger charge is -2.60. The van der Waals surface area contributed by atoms with Gasteiger partial charge >= 0.3 is 0 Å². The van der Waals surface area contributed by atoms with Gasteiger partial charge in [-0.25, -0.2) is 0 Å². The standard InChI is InChI=1S/C16H30N2O2/c1-10(14(19)18-15(2,3)4)17-12-11-8-7-9-20-13(11)16(12,5)6/h10-13,17H,7-9H2,1-6H3,(H,18,19). The van der Waals surface area contributed by atoms with Gasteiger partial charge in [-0.05, 0) is 40.5 Å². The number of amides is 1. The van der Waals surface area contributed by atoms with Crippen LogP contribution in [-0.4, -0.2) is 36.2 Å². The fourth-order valence-corrected chi connectivity index (χ4v) is 3.68. The highest BCUT2D eigenvalue weighted by Crippen LogP contribution is 2.51. The summed E-state index contributed by atoms with van der Waals surface area (Å²) in [6.45, 7) is 13.4. The van der Waals surface area contributed by atoms with Gasteiger partial charge in [0.25, 0.3) is 0 Å². The van der Waals surface area contributed by atoms with Crippen LogP contribution in [0.5, 0.6) is 0 Å². The molecule has 4 atom stereocenters. The van der Waals surface area contributed by atoms with Crippen molar-refractivity contribution in [3.05, 3.63) is 0 Å². The second-order valence-electron chi connectivity index (χ2n) is 8.02. The number of rotatable bonds is 3. The van der Waals surface area contributed by atoms with Crippen LogP contribution >= 0.6 is 0 Å². The molecule has 20 heavy (non-hydrogen) atoms. The average molecular weight is 282 g/mol. The molecule has 0 aromatic heterocycles. The van der Waals surface area contributed by atoms with Crippen molar-refractivity contribution >= 4 is 5.91 Å². The predicted molar refractivity (Wildman–Crippen MR) is 80.5 cm³/mol. The normalized spacial score (nSPS) is 33.8. The first-order valence-corrected chi connectivity index (χ1v) is 7.82. The number of carbonyl (C=O) groups excluding carboxylic acids is 1. The van der Waals surface area contributed by atoms with E-state index in [1.807, 2.05) is 27.7 Å². The van der Waals surface area contributed by atoms with E-state index >= 15 is 0 Å². The molecule has 4 nitrogen and oxygen atoms in total. The Morgan fingerprint density at radius 3 is 2.60 bits per heavy atom. The maximum atomic E-state index is 12.2. The smallest absolute Gasteiger partial charge is 0.237 e. The molecule has 0 spiro atoms. The maximum absolute atomic E-state index is 12.2. The van der Waals surface area contributed by atoms with Crippen molar-refractivity contribution < 1.29 is 9.53 Å². The molecule has 2 rings (SSSR count). The zero-order valence-corrected chi connectivity index (χ0v) is 13.7. The van der Waals surface area contributed by atoms with E-state index in [4.69, 9.17) is 4.74 Å². The van der Waals surface area contributed by atoms with Crippen molar-refractivity contribution in [2.24, 2.45) is 11.3 Å². The summed E-state index contributed by atoms with van der Waals surface area (Å²) in [5.41, 5.74) is -0.0694. The molecule has 0 bridgehead atoms. The number of nitrogens with one attached hydrogen (secondary N) is 2. The van der Waals surface area contributed by atoms with Gasteiger partial charge in [0.15, 0.2) is 0 Å². The van der Waals surface area contributed by atoms with Gasteiger partial charge in [-0.3, -0.25) is 4.79 Å². The largest absolute Gasteiger partial charge is 0.377 e. The molecule has 2 N–H and O–H groups in total. The van der Waals surface area contributed by atoms with E-state index in [1.54, 1.807) is 0 Å². The van der Waals surface area contributed by atoms with E-state index in [0.717, 1.165) is 13.0 Å². The summed E-state index contributed by atoms with van der Waals surface area (Å²) in [5, 5.41) is 6.58. The fraction of sp³-hybridized carbons (Fsp3) is 0.938. The molecule has 2 aliphatic rings. The van der Waals surface area contributed by atoms with Crippen LogP contribution in [0, 0.1) is 11.3 Å².